The molecule has 9 nitrogen and oxygen atoms in total. The van der Waals surface area contributed by atoms with Crippen molar-refractivity contribution in [1.82, 2.24) is 4.90 Å². The van der Waals surface area contributed by atoms with Gasteiger partial charge in [0.2, 0.25) is 11.8 Å². The maximum absolute atomic E-state index is 14.6. The van der Waals surface area contributed by atoms with Gasteiger partial charge >= 0.3 is 0 Å². The minimum atomic E-state index is -1.11. The van der Waals surface area contributed by atoms with E-state index in [1.165, 1.54) is 0 Å². The number of aliphatic hydroxyl groups excluding tert-OH is 1. The van der Waals surface area contributed by atoms with E-state index in [0.717, 1.165) is 5.69 Å². The Labute approximate surface area is 253 Å². The number of rotatable bonds is 14. The average Bonchev–Trinajstić information content (AvgIpc) is 3.68. The number of para-hydroxylation sites is 1. The van der Waals surface area contributed by atoms with Gasteiger partial charge in [0.25, 0.3) is 5.91 Å². The van der Waals surface area contributed by atoms with Gasteiger partial charge in [-0.15, -0.1) is 13.2 Å². The molecule has 3 aliphatic rings. The van der Waals surface area contributed by atoms with Crippen molar-refractivity contribution in [3.63, 3.8) is 0 Å². The number of carbonyl (C=O) groups is 3. The number of nitrogens with zero attached hydrogens (tertiary/aromatic N) is 3. The summed E-state index contributed by atoms with van der Waals surface area (Å²) in [5.74, 6) is -1.50. The van der Waals surface area contributed by atoms with Crippen LogP contribution in [0.4, 0.5) is 11.4 Å². The highest BCUT2D eigenvalue weighted by molar-refractivity contribution is 6.06. The molecule has 2 bridgehead atoms. The number of amides is 3. The molecule has 5 rings (SSSR count). The van der Waals surface area contributed by atoms with Crippen LogP contribution in [0.3, 0.4) is 0 Å². The number of anilines is 2. The quantitative estimate of drug-likeness (QED) is 0.265. The normalized spacial score (nSPS) is 25.3. The van der Waals surface area contributed by atoms with Crippen molar-refractivity contribution in [3.05, 3.63) is 79.9 Å². The largest absolute Gasteiger partial charge is 0.497 e. The molecule has 3 aliphatic heterocycles. The van der Waals surface area contributed by atoms with Crippen LogP contribution in [-0.2, 0) is 19.1 Å². The summed E-state index contributed by atoms with van der Waals surface area (Å²) in [6, 6.07) is 15.7. The molecule has 2 aromatic carbocycles. The van der Waals surface area contributed by atoms with Crippen LogP contribution < -0.4 is 14.5 Å². The Hall–Kier alpha value is -3.95. The fraction of sp³-hybridized carbons (Fsp3) is 0.441. The first-order valence-corrected chi connectivity index (χ1v) is 15.0. The van der Waals surface area contributed by atoms with Crippen LogP contribution in [0.15, 0.2) is 79.9 Å². The summed E-state index contributed by atoms with van der Waals surface area (Å²) in [5, 5.41) is 9.32. The van der Waals surface area contributed by atoms with Crippen LogP contribution >= 0.6 is 0 Å². The van der Waals surface area contributed by atoms with Crippen molar-refractivity contribution >= 4 is 29.1 Å². The van der Waals surface area contributed by atoms with E-state index in [4.69, 9.17) is 9.47 Å². The Bertz CT molecular complexity index is 1330. The van der Waals surface area contributed by atoms with Crippen LogP contribution in [0.5, 0.6) is 5.75 Å². The van der Waals surface area contributed by atoms with Crippen LogP contribution in [0.1, 0.15) is 32.1 Å². The molecule has 228 valence electrons. The Morgan fingerprint density at radius 2 is 1.65 bits per heavy atom. The van der Waals surface area contributed by atoms with E-state index >= 15 is 0 Å². The monoisotopic (exact) mass is 587 g/mol. The zero-order valence-electron chi connectivity index (χ0n) is 24.8. The zero-order chi connectivity index (χ0) is 30.6. The second-order valence-electron chi connectivity index (χ2n) is 11.4. The lowest BCUT2D eigenvalue weighted by molar-refractivity contribution is -0.140. The number of likely N-dealkylation sites (tertiary alicyclic amines) is 1. The van der Waals surface area contributed by atoms with Crippen molar-refractivity contribution in [3.8, 4) is 5.75 Å². The first kappa shape index (κ1) is 30.5. The van der Waals surface area contributed by atoms with Gasteiger partial charge in [-0.05, 0) is 68.5 Å². The van der Waals surface area contributed by atoms with E-state index in [2.05, 4.69) is 13.2 Å². The summed E-state index contributed by atoms with van der Waals surface area (Å²) in [6.45, 7) is 8.65. The Morgan fingerprint density at radius 3 is 2.28 bits per heavy atom. The number of aliphatic hydroxyl groups is 1. The van der Waals surface area contributed by atoms with Gasteiger partial charge in [-0.2, -0.15) is 0 Å². The Balaban J connectivity index is 1.53. The molecular formula is C34H41N3O6. The van der Waals surface area contributed by atoms with Gasteiger partial charge in [0.05, 0.1) is 25.0 Å². The highest BCUT2D eigenvalue weighted by Gasteiger charge is 2.74. The SMILES string of the molecule is C=CCN(C(=O)C1N(CCCCCO)C(=O)[C@@H]2[C@H](C(=O)N(CC=C)c3ccccc3)[C@@H]3CCC12O3)c1ccc(OC)cc1. The number of ether oxygens (including phenoxy) is 2. The lowest BCUT2D eigenvalue weighted by Crippen LogP contribution is -2.56. The molecule has 5 atom stereocenters. The smallest absolute Gasteiger partial charge is 0.253 e. The lowest BCUT2D eigenvalue weighted by Gasteiger charge is -2.37. The molecule has 3 saturated heterocycles. The minimum absolute atomic E-state index is 0.0629. The van der Waals surface area contributed by atoms with Gasteiger partial charge in [0.15, 0.2) is 0 Å². The van der Waals surface area contributed by atoms with Crippen LogP contribution in [0.2, 0.25) is 0 Å². The van der Waals surface area contributed by atoms with Crippen molar-refractivity contribution in [1.29, 1.82) is 0 Å². The number of hydrogen-bond donors (Lipinski definition) is 1. The number of carbonyl (C=O) groups excluding carboxylic acids is 3. The Morgan fingerprint density at radius 1 is 1.00 bits per heavy atom. The van der Waals surface area contributed by atoms with E-state index in [9.17, 15) is 19.5 Å². The predicted octanol–water partition coefficient (Wildman–Crippen LogP) is 3.97. The predicted molar refractivity (Wildman–Crippen MR) is 165 cm³/mol. The molecule has 3 amide bonds. The van der Waals surface area contributed by atoms with Gasteiger partial charge in [-0.3, -0.25) is 14.4 Å². The molecule has 2 aromatic rings. The third-order valence-corrected chi connectivity index (χ3v) is 8.98. The Kier molecular flexibility index (Phi) is 9.32. The van der Waals surface area contributed by atoms with E-state index in [-0.39, 0.29) is 37.4 Å². The van der Waals surface area contributed by atoms with E-state index in [0.29, 0.717) is 50.1 Å². The fourth-order valence-electron chi connectivity index (χ4n) is 7.13. The fourth-order valence-corrected chi connectivity index (χ4v) is 7.13. The van der Waals surface area contributed by atoms with Gasteiger partial charge < -0.3 is 29.3 Å². The molecule has 0 radical (unpaired) electrons. The molecular weight excluding hydrogens is 546 g/mol. The van der Waals surface area contributed by atoms with Crippen LogP contribution in [0.25, 0.3) is 0 Å². The van der Waals surface area contributed by atoms with Crippen LogP contribution in [0, 0.1) is 11.8 Å². The van der Waals surface area contributed by atoms with Gasteiger partial charge in [-0.25, -0.2) is 0 Å². The van der Waals surface area contributed by atoms with E-state index < -0.39 is 29.6 Å². The molecule has 3 heterocycles. The molecule has 0 aromatic heterocycles. The summed E-state index contributed by atoms with van der Waals surface area (Å²) >= 11 is 0. The third-order valence-electron chi connectivity index (χ3n) is 8.98. The molecule has 1 N–H and O–H groups in total. The van der Waals surface area contributed by atoms with Crippen molar-refractivity contribution in [2.45, 2.75) is 49.9 Å². The highest BCUT2D eigenvalue weighted by atomic mass is 16.5. The highest BCUT2D eigenvalue weighted by Crippen LogP contribution is 2.59. The molecule has 3 fully saturated rings. The van der Waals surface area contributed by atoms with Crippen molar-refractivity contribution in [2.24, 2.45) is 11.8 Å². The molecule has 9 heteroatoms. The molecule has 2 unspecified atom stereocenters. The summed E-state index contributed by atoms with van der Waals surface area (Å²) in [4.78, 5) is 48.2. The zero-order valence-corrected chi connectivity index (χ0v) is 24.8. The summed E-state index contributed by atoms with van der Waals surface area (Å²) in [5.41, 5.74) is 0.262. The molecule has 0 saturated carbocycles. The van der Waals surface area contributed by atoms with E-state index in [1.807, 2.05) is 42.5 Å². The number of hydrogen-bond acceptors (Lipinski definition) is 6. The number of unbranched alkanes of at least 4 members (excludes halogenated alkanes) is 2. The molecule has 0 aliphatic carbocycles. The van der Waals surface area contributed by atoms with Crippen molar-refractivity contribution in [2.75, 3.05) is 43.2 Å². The summed E-state index contributed by atoms with van der Waals surface area (Å²) in [6.07, 6.45) is 5.91. The number of fused-ring (bicyclic) bond motifs is 1. The average molecular weight is 588 g/mol. The molecule has 1 spiro atoms. The summed E-state index contributed by atoms with van der Waals surface area (Å²) in [7, 11) is 1.58. The van der Waals surface area contributed by atoms with Gasteiger partial charge in [0.1, 0.15) is 17.4 Å². The number of benzene rings is 2. The second-order valence-corrected chi connectivity index (χ2v) is 11.4. The second kappa shape index (κ2) is 13.1. The van der Waals surface area contributed by atoms with Gasteiger partial charge in [-0.1, -0.05) is 30.4 Å². The molecule has 43 heavy (non-hydrogen) atoms. The lowest BCUT2D eigenvalue weighted by atomic mass is 9.70. The maximum Gasteiger partial charge on any atom is 0.253 e. The topological polar surface area (TPSA) is 99.6 Å². The maximum atomic E-state index is 14.6. The number of methoxy groups -OCH3 is 1. The van der Waals surface area contributed by atoms with Crippen LogP contribution in [-0.4, -0.2) is 78.8 Å². The standard InChI is InChI=1S/C34H41N3O6/c1-4-20-35(24-12-8-6-9-13-24)31(39)28-27-18-19-34(43-27)29(28)32(40)37(22-10-7-11-23-38)30(34)33(41)36(21-5-2)25-14-16-26(42-3)17-15-25/h4-6,8-9,12-17,27-30,38H,1-2,7,10-11,18-23H2,3H3/t27-,28+,29-,30?,34?/m0/s1. The summed E-state index contributed by atoms with van der Waals surface area (Å²) < 4.78 is 12.0. The third kappa shape index (κ3) is 5.47. The van der Waals surface area contributed by atoms with E-state index in [1.54, 1.807) is 46.1 Å². The first-order valence-electron chi connectivity index (χ1n) is 15.0. The first-order chi connectivity index (χ1) is 20.9. The van der Waals surface area contributed by atoms with Gasteiger partial charge in [0, 0.05) is 37.6 Å². The minimum Gasteiger partial charge on any atom is -0.497 e. The van der Waals surface area contributed by atoms with Crippen molar-refractivity contribution < 1.29 is 29.0 Å².